The second kappa shape index (κ2) is 9.51. The van der Waals surface area contributed by atoms with E-state index in [1.165, 1.54) is 5.39 Å². The summed E-state index contributed by atoms with van der Waals surface area (Å²) in [6.07, 6.45) is 1.77. The summed E-state index contributed by atoms with van der Waals surface area (Å²) in [4.78, 5) is 0. The Balaban J connectivity index is 1.59. The lowest BCUT2D eigenvalue weighted by Crippen LogP contribution is -1.99. The van der Waals surface area contributed by atoms with Crippen molar-refractivity contribution in [1.82, 2.24) is 0 Å². The summed E-state index contributed by atoms with van der Waals surface area (Å²) in [7, 11) is 1.59. The lowest BCUT2D eigenvalue weighted by atomic mass is 10.0. The highest BCUT2D eigenvalue weighted by molar-refractivity contribution is 5.90. The van der Waals surface area contributed by atoms with Crippen molar-refractivity contribution >= 4 is 22.4 Å². The normalized spacial score (nSPS) is 10.9. The molecule has 0 radical (unpaired) electrons. The molecule has 0 unspecified atom stereocenters. The van der Waals surface area contributed by atoms with Gasteiger partial charge in [-0.05, 0) is 57.8 Å². The summed E-state index contributed by atoms with van der Waals surface area (Å²) in [6, 6.07) is 31.2. The molecule has 0 aromatic heterocycles. The highest BCUT2D eigenvalue weighted by atomic mass is 16.5. The molecule has 154 valence electrons. The van der Waals surface area contributed by atoms with E-state index in [2.05, 4.69) is 36.4 Å². The van der Waals surface area contributed by atoms with E-state index >= 15 is 0 Å². The number of hydrogen-bond acceptors (Lipinski definition) is 4. The number of fused-ring (bicyclic) bond motifs is 1. The van der Waals surface area contributed by atoms with Crippen LogP contribution < -0.4 is 9.47 Å². The molecule has 0 aliphatic rings. The molecule has 0 aliphatic heterocycles. The van der Waals surface area contributed by atoms with Crippen LogP contribution in [-0.4, -0.2) is 7.11 Å². The van der Waals surface area contributed by atoms with Gasteiger partial charge in [0.25, 0.3) is 0 Å². The van der Waals surface area contributed by atoms with E-state index in [0.29, 0.717) is 34.8 Å². The average Bonchev–Trinajstić information content (AvgIpc) is 2.86. The number of nitriles is 2. The Morgan fingerprint density at radius 2 is 1.69 bits per heavy atom. The van der Waals surface area contributed by atoms with E-state index in [-0.39, 0.29) is 0 Å². The average molecular weight is 416 g/mol. The van der Waals surface area contributed by atoms with Crippen molar-refractivity contribution in [2.75, 3.05) is 7.11 Å². The quantitative estimate of drug-likeness (QED) is 0.271. The third kappa shape index (κ3) is 4.46. The Hall–Kier alpha value is -4.54. The summed E-state index contributed by atoms with van der Waals surface area (Å²) < 4.78 is 11.6. The van der Waals surface area contributed by atoms with Crippen LogP contribution in [0.2, 0.25) is 0 Å². The van der Waals surface area contributed by atoms with Crippen molar-refractivity contribution in [2.45, 2.75) is 6.61 Å². The fourth-order valence-corrected chi connectivity index (χ4v) is 3.57. The van der Waals surface area contributed by atoms with Crippen LogP contribution in [-0.2, 0) is 6.61 Å². The highest BCUT2D eigenvalue weighted by Crippen LogP contribution is 2.31. The molecule has 4 rings (SSSR count). The molecule has 4 aromatic carbocycles. The summed E-state index contributed by atoms with van der Waals surface area (Å²) in [5.41, 5.74) is 3.57. The first-order valence-corrected chi connectivity index (χ1v) is 10.1. The Bertz CT molecular complexity index is 1390. The zero-order valence-electron chi connectivity index (χ0n) is 17.6. The molecular formula is C28H20N2O2. The molecular weight excluding hydrogens is 396 g/mol. The SMILES string of the molecule is COc1cc(C=C(C#N)c2cccc(C#N)c2)ccc1OCc1cccc2ccccc12. The van der Waals surface area contributed by atoms with Crippen molar-refractivity contribution in [3.8, 4) is 23.6 Å². The highest BCUT2D eigenvalue weighted by Gasteiger charge is 2.09. The molecule has 0 heterocycles. The Morgan fingerprint density at radius 1 is 0.875 bits per heavy atom. The third-order valence-electron chi connectivity index (χ3n) is 5.18. The zero-order chi connectivity index (χ0) is 22.3. The fourth-order valence-electron chi connectivity index (χ4n) is 3.57. The molecule has 0 saturated carbocycles. The van der Waals surface area contributed by atoms with Gasteiger partial charge in [-0.25, -0.2) is 0 Å². The summed E-state index contributed by atoms with van der Waals surface area (Å²) in [5, 5.41) is 21.1. The van der Waals surface area contributed by atoms with Gasteiger partial charge in [-0.15, -0.1) is 0 Å². The predicted molar refractivity (Wildman–Crippen MR) is 126 cm³/mol. The van der Waals surface area contributed by atoms with Crippen LogP contribution in [0.4, 0.5) is 0 Å². The van der Waals surface area contributed by atoms with Crippen LogP contribution in [0.25, 0.3) is 22.4 Å². The van der Waals surface area contributed by atoms with Gasteiger partial charge in [-0.1, -0.05) is 60.7 Å². The zero-order valence-corrected chi connectivity index (χ0v) is 17.6. The molecule has 0 bridgehead atoms. The van der Waals surface area contributed by atoms with Crippen LogP contribution in [0.1, 0.15) is 22.3 Å². The van der Waals surface area contributed by atoms with Crippen molar-refractivity contribution in [2.24, 2.45) is 0 Å². The minimum Gasteiger partial charge on any atom is -0.493 e. The van der Waals surface area contributed by atoms with Crippen LogP contribution in [0.15, 0.2) is 84.9 Å². The minimum atomic E-state index is 0.414. The molecule has 0 atom stereocenters. The first-order valence-electron chi connectivity index (χ1n) is 10.1. The fraction of sp³-hybridized carbons (Fsp3) is 0.0714. The van der Waals surface area contributed by atoms with Crippen molar-refractivity contribution in [3.05, 3.63) is 107 Å². The monoisotopic (exact) mass is 416 g/mol. The van der Waals surface area contributed by atoms with Crippen LogP contribution in [0, 0.1) is 22.7 Å². The van der Waals surface area contributed by atoms with Crippen molar-refractivity contribution in [3.63, 3.8) is 0 Å². The molecule has 4 heteroatoms. The van der Waals surface area contributed by atoms with E-state index in [1.54, 1.807) is 31.4 Å². The first kappa shape index (κ1) is 20.7. The van der Waals surface area contributed by atoms with Crippen LogP contribution >= 0.6 is 0 Å². The van der Waals surface area contributed by atoms with Crippen molar-refractivity contribution in [1.29, 1.82) is 10.5 Å². The number of nitrogens with zero attached hydrogens (tertiary/aromatic N) is 2. The van der Waals surface area contributed by atoms with Gasteiger partial charge in [0.05, 0.1) is 30.4 Å². The number of ether oxygens (including phenoxy) is 2. The molecule has 0 spiro atoms. The molecule has 0 amide bonds. The maximum atomic E-state index is 9.63. The van der Waals surface area contributed by atoms with E-state index in [4.69, 9.17) is 14.7 Å². The largest absolute Gasteiger partial charge is 0.493 e. The van der Waals surface area contributed by atoms with E-state index < -0.39 is 0 Å². The Morgan fingerprint density at radius 3 is 2.50 bits per heavy atom. The van der Waals surface area contributed by atoms with E-state index in [0.717, 1.165) is 16.5 Å². The maximum absolute atomic E-state index is 9.63. The first-order chi connectivity index (χ1) is 15.7. The van der Waals surface area contributed by atoms with Gasteiger partial charge in [0.2, 0.25) is 0 Å². The summed E-state index contributed by atoms with van der Waals surface area (Å²) in [6.45, 7) is 0.414. The topological polar surface area (TPSA) is 66.0 Å². The molecule has 0 N–H and O–H groups in total. The number of rotatable bonds is 6. The smallest absolute Gasteiger partial charge is 0.161 e. The lowest BCUT2D eigenvalue weighted by Gasteiger charge is -2.13. The third-order valence-corrected chi connectivity index (χ3v) is 5.18. The molecule has 0 fully saturated rings. The standard InChI is InChI=1S/C28H20N2O2/c1-31-28-16-20(14-25(18-30)23-9-4-6-21(15-23)17-29)12-13-27(28)32-19-24-10-5-8-22-7-2-3-11-26(22)24/h2-16H,19H2,1H3. The second-order valence-electron chi connectivity index (χ2n) is 7.20. The number of methoxy groups -OCH3 is 1. The van der Waals surface area contributed by atoms with Gasteiger partial charge in [0.1, 0.15) is 6.61 Å². The van der Waals surface area contributed by atoms with Crippen molar-refractivity contribution < 1.29 is 9.47 Å². The minimum absolute atomic E-state index is 0.414. The summed E-state index contributed by atoms with van der Waals surface area (Å²) in [5.74, 6) is 1.21. The number of allylic oxidation sites excluding steroid dienone is 1. The second-order valence-corrected chi connectivity index (χ2v) is 7.20. The van der Waals surface area contributed by atoms with Crippen LogP contribution in [0.5, 0.6) is 11.5 Å². The summed E-state index contributed by atoms with van der Waals surface area (Å²) >= 11 is 0. The van der Waals surface area contributed by atoms with Gasteiger partial charge >= 0.3 is 0 Å². The number of hydrogen-bond donors (Lipinski definition) is 0. The van der Waals surface area contributed by atoms with Gasteiger partial charge in [-0.2, -0.15) is 10.5 Å². The van der Waals surface area contributed by atoms with E-state index in [1.807, 2.05) is 42.5 Å². The van der Waals surface area contributed by atoms with Crippen LogP contribution in [0.3, 0.4) is 0 Å². The van der Waals surface area contributed by atoms with Gasteiger partial charge < -0.3 is 9.47 Å². The molecule has 4 aromatic rings. The number of benzene rings is 4. The molecule has 32 heavy (non-hydrogen) atoms. The predicted octanol–water partition coefficient (Wildman–Crippen LogP) is 6.36. The molecule has 4 nitrogen and oxygen atoms in total. The van der Waals surface area contributed by atoms with E-state index in [9.17, 15) is 5.26 Å². The Labute approximate surface area is 187 Å². The molecule has 0 aliphatic carbocycles. The van der Waals surface area contributed by atoms with Gasteiger partial charge in [0.15, 0.2) is 11.5 Å². The van der Waals surface area contributed by atoms with Gasteiger partial charge in [-0.3, -0.25) is 0 Å². The maximum Gasteiger partial charge on any atom is 0.161 e. The molecule has 0 saturated heterocycles. The van der Waals surface area contributed by atoms with Gasteiger partial charge in [0, 0.05) is 0 Å². The lowest BCUT2D eigenvalue weighted by molar-refractivity contribution is 0.285. The Kier molecular flexibility index (Phi) is 6.16.